The second-order valence-corrected chi connectivity index (χ2v) is 9.55. The van der Waals surface area contributed by atoms with Gasteiger partial charge in [-0.15, -0.1) is 0 Å². The molecule has 1 aromatic heterocycles. The van der Waals surface area contributed by atoms with Crippen LogP contribution in [0.2, 0.25) is 0 Å². The van der Waals surface area contributed by atoms with Gasteiger partial charge in [-0.1, -0.05) is 20.8 Å². The van der Waals surface area contributed by atoms with Gasteiger partial charge >= 0.3 is 6.61 Å². The number of aromatic nitrogens is 2. The van der Waals surface area contributed by atoms with Gasteiger partial charge in [-0.25, -0.2) is 4.98 Å². The van der Waals surface area contributed by atoms with Crippen molar-refractivity contribution in [1.82, 2.24) is 9.55 Å². The molecule has 0 bridgehead atoms. The molecule has 0 aliphatic heterocycles. The molecule has 0 N–H and O–H groups in total. The first-order chi connectivity index (χ1) is 12.9. The van der Waals surface area contributed by atoms with E-state index in [0.717, 1.165) is 36.1 Å². The van der Waals surface area contributed by atoms with Crippen LogP contribution in [0.5, 0.6) is 5.75 Å². The number of aryl methyl sites for hydroxylation is 1. The third-order valence-electron chi connectivity index (χ3n) is 4.42. The van der Waals surface area contributed by atoms with Crippen LogP contribution in [0.25, 0.3) is 11.0 Å². The normalized spacial score (nSPS) is 12.8. The van der Waals surface area contributed by atoms with Crippen LogP contribution in [0.1, 0.15) is 73.1 Å². The zero-order chi connectivity index (χ0) is 21.1. The molecule has 0 amide bonds. The van der Waals surface area contributed by atoms with Crippen molar-refractivity contribution in [2.24, 2.45) is 5.41 Å². The number of carbonyl (C=O) groups excluding carboxylic acids is 1. The summed E-state index contributed by atoms with van der Waals surface area (Å²) in [5.74, 6) is 1.33. The van der Waals surface area contributed by atoms with E-state index < -0.39 is 6.61 Å². The summed E-state index contributed by atoms with van der Waals surface area (Å²) in [6.07, 6.45) is 3.59. The zero-order valence-corrected chi connectivity index (χ0v) is 17.8. The van der Waals surface area contributed by atoms with E-state index in [2.05, 4.69) is 50.8 Å². The predicted octanol–water partition coefficient (Wildman–Crippen LogP) is 6.11. The minimum atomic E-state index is -2.85. The Labute approximate surface area is 166 Å². The van der Waals surface area contributed by atoms with Crippen LogP contribution in [-0.2, 0) is 16.8 Å². The fraction of sp³-hybridized carbons (Fsp3) is 0.636. The number of halogens is 2. The number of ketones is 1. The Bertz CT molecular complexity index is 814. The Morgan fingerprint density at radius 3 is 2.39 bits per heavy atom. The van der Waals surface area contributed by atoms with E-state index in [4.69, 9.17) is 4.98 Å². The van der Waals surface area contributed by atoms with Gasteiger partial charge in [0.05, 0.1) is 11.0 Å². The van der Waals surface area contributed by atoms with Crippen LogP contribution in [0, 0.1) is 5.41 Å². The number of benzene rings is 1. The van der Waals surface area contributed by atoms with Gasteiger partial charge in [0.2, 0.25) is 0 Å². The molecule has 0 aliphatic rings. The van der Waals surface area contributed by atoms with Gasteiger partial charge in [0, 0.05) is 30.9 Å². The highest BCUT2D eigenvalue weighted by Crippen LogP contribution is 2.29. The number of ether oxygens (including phenoxy) is 1. The maximum atomic E-state index is 12.6. The Morgan fingerprint density at radius 2 is 1.82 bits per heavy atom. The molecule has 1 heterocycles. The van der Waals surface area contributed by atoms with Crippen molar-refractivity contribution in [3.63, 3.8) is 0 Å². The minimum absolute atomic E-state index is 0.0231. The average Bonchev–Trinajstić information content (AvgIpc) is 2.86. The summed E-state index contributed by atoms with van der Waals surface area (Å²) in [5, 5.41) is 0. The second-order valence-electron chi connectivity index (χ2n) is 9.55. The van der Waals surface area contributed by atoms with Crippen LogP contribution in [0.4, 0.5) is 8.78 Å². The fourth-order valence-corrected chi connectivity index (χ4v) is 3.48. The molecule has 2 aromatic rings. The molecule has 0 saturated heterocycles. The van der Waals surface area contributed by atoms with Crippen molar-refractivity contribution < 1.29 is 18.3 Å². The van der Waals surface area contributed by atoms with Crippen LogP contribution in [-0.4, -0.2) is 21.9 Å². The fourth-order valence-electron chi connectivity index (χ4n) is 3.48. The molecule has 0 atom stereocenters. The highest BCUT2D eigenvalue weighted by Gasteiger charge is 2.22. The van der Waals surface area contributed by atoms with Gasteiger partial charge in [0.1, 0.15) is 17.4 Å². The van der Waals surface area contributed by atoms with Crippen LogP contribution in [0.15, 0.2) is 18.2 Å². The van der Waals surface area contributed by atoms with Crippen LogP contribution >= 0.6 is 0 Å². The predicted molar refractivity (Wildman–Crippen MR) is 108 cm³/mol. The molecule has 156 valence electrons. The summed E-state index contributed by atoms with van der Waals surface area (Å²) in [4.78, 5) is 16.8. The Morgan fingerprint density at radius 1 is 1.14 bits per heavy atom. The number of carbonyl (C=O) groups is 1. The van der Waals surface area contributed by atoms with Gasteiger partial charge in [0.15, 0.2) is 0 Å². The number of Topliss-reactive ketones (excluding diaryl/α,β-unsaturated/α-hetero) is 1. The highest BCUT2D eigenvalue weighted by molar-refractivity contribution is 5.79. The average molecular weight is 395 g/mol. The lowest BCUT2D eigenvalue weighted by molar-refractivity contribution is -0.120. The number of nitrogens with zero attached hydrogens (tertiary/aromatic N) is 2. The summed E-state index contributed by atoms with van der Waals surface area (Å²) in [6.45, 7) is 9.54. The lowest BCUT2D eigenvalue weighted by Crippen LogP contribution is -2.24. The van der Waals surface area contributed by atoms with Crippen molar-refractivity contribution in [2.45, 2.75) is 85.8 Å². The molecule has 1 aromatic carbocycles. The Balaban J connectivity index is 2.14. The molecule has 2 rings (SSSR count). The molecular weight excluding hydrogens is 362 g/mol. The first-order valence-corrected chi connectivity index (χ1v) is 9.85. The molecule has 0 spiro atoms. The minimum Gasteiger partial charge on any atom is -0.435 e. The lowest BCUT2D eigenvalue weighted by Gasteiger charge is -2.25. The number of alkyl halides is 2. The van der Waals surface area contributed by atoms with Crippen molar-refractivity contribution >= 4 is 16.8 Å². The molecule has 6 heteroatoms. The van der Waals surface area contributed by atoms with E-state index in [9.17, 15) is 13.6 Å². The van der Waals surface area contributed by atoms with Crippen molar-refractivity contribution in [2.75, 3.05) is 0 Å². The van der Waals surface area contributed by atoms with E-state index in [-0.39, 0.29) is 16.7 Å². The monoisotopic (exact) mass is 394 g/mol. The molecule has 0 saturated carbocycles. The standard InChI is InChI=1S/C22H32F2N2O2/c1-21(2,3)14-15(27)9-7-8-10-19-25-17-12-11-16(28-20(23)24)13-18(17)26(19)22(4,5)6/h11-13,20H,7-10,14H2,1-6H3. The van der Waals surface area contributed by atoms with Crippen LogP contribution in [0.3, 0.4) is 0 Å². The maximum absolute atomic E-state index is 12.6. The molecule has 0 fully saturated rings. The zero-order valence-electron chi connectivity index (χ0n) is 17.8. The topological polar surface area (TPSA) is 44.1 Å². The summed E-state index contributed by atoms with van der Waals surface area (Å²) >= 11 is 0. The summed E-state index contributed by atoms with van der Waals surface area (Å²) in [7, 11) is 0. The van der Waals surface area contributed by atoms with Gasteiger partial charge in [-0.3, -0.25) is 4.79 Å². The maximum Gasteiger partial charge on any atom is 0.387 e. The third kappa shape index (κ3) is 6.28. The highest BCUT2D eigenvalue weighted by atomic mass is 19.3. The third-order valence-corrected chi connectivity index (χ3v) is 4.42. The molecular formula is C22H32F2N2O2. The smallest absolute Gasteiger partial charge is 0.387 e. The molecule has 0 unspecified atom stereocenters. The van der Waals surface area contributed by atoms with Gasteiger partial charge in [0.25, 0.3) is 0 Å². The summed E-state index contributed by atoms with van der Waals surface area (Å²) in [5.41, 5.74) is 1.31. The van der Waals surface area contributed by atoms with E-state index in [1.54, 1.807) is 12.1 Å². The number of hydrogen-bond donors (Lipinski definition) is 0. The molecule has 4 nitrogen and oxygen atoms in total. The number of fused-ring (bicyclic) bond motifs is 1. The van der Waals surface area contributed by atoms with E-state index in [1.165, 1.54) is 6.07 Å². The largest absolute Gasteiger partial charge is 0.435 e. The van der Waals surface area contributed by atoms with Gasteiger partial charge < -0.3 is 9.30 Å². The lowest BCUT2D eigenvalue weighted by atomic mass is 9.88. The van der Waals surface area contributed by atoms with Crippen molar-refractivity contribution in [3.8, 4) is 5.75 Å². The van der Waals surface area contributed by atoms with Gasteiger partial charge in [-0.2, -0.15) is 8.78 Å². The first kappa shape index (κ1) is 22.3. The Hall–Kier alpha value is -1.98. The second kappa shape index (κ2) is 8.58. The number of rotatable bonds is 8. The van der Waals surface area contributed by atoms with E-state index >= 15 is 0 Å². The molecule has 28 heavy (non-hydrogen) atoms. The number of imidazole rings is 1. The first-order valence-electron chi connectivity index (χ1n) is 9.85. The van der Waals surface area contributed by atoms with E-state index in [0.29, 0.717) is 18.6 Å². The number of hydrogen-bond acceptors (Lipinski definition) is 3. The van der Waals surface area contributed by atoms with Crippen molar-refractivity contribution in [1.29, 1.82) is 0 Å². The molecule has 0 radical (unpaired) electrons. The molecule has 0 aliphatic carbocycles. The number of unbranched alkanes of at least 4 members (excludes halogenated alkanes) is 1. The quantitative estimate of drug-likeness (QED) is 0.507. The summed E-state index contributed by atoms with van der Waals surface area (Å²) < 4.78 is 31.8. The summed E-state index contributed by atoms with van der Waals surface area (Å²) in [6, 6.07) is 4.85. The van der Waals surface area contributed by atoms with E-state index in [1.807, 2.05) is 0 Å². The van der Waals surface area contributed by atoms with Crippen molar-refractivity contribution in [3.05, 3.63) is 24.0 Å². The van der Waals surface area contributed by atoms with Gasteiger partial charge in [-0.05, 0) is 51.2 Å². The SMILES string of the molecule is CC(C)(C)CC(=O)CCCCc1nc2ccc(OC(F)F)cc2n1C(C)(C)C. The van der Waals surface area contributed by atoms with Crippen LogP contribution < -0.4 is 4.74 Å². The Kier molecular flexibility index (Phi) is 6.84.